The summed E-state index contributed by atoms with van der Waals surface area (Å²) in [6.45, 7) is 6.65. The van der Waals surface area contributed by atoms with Crippen LogP contribution >= 0.6 is 0 Å². The van der Waals surface area contributed by atoms with E-state index in [4.69, 9.17) is 0 Å². The van der Waals surface area contributed by atoms with Gasteiger partial charge in [0.2, 0.25) is 0 Å². The quantitative estimate of drug-likeness (QED) is 0.582. The molecule has 0 saturated carbocycles. The number of hydrogen-bond donors (Lipinski definition) is 1. The third kappa shape index (κ3) is 4.19. The number of aliphatic hydroxyl groups excluding tert-OH is 1. The van der Waals surface area contributed by atoms with Crippen LogP contribution < -0.4 is 4.90 Å². The second-order valence-corrected chi connectivity index (χ2v) is 4.22. The van der Waals surface area contributed by atoms with Gasteiger partial charge in [-0.3, -0.25) is 4.98 Å². The number of anilines is 1. The van der Waals surface area contributed by atoms with Gasteiger partial charge in [0, 0.05) is 13.6 Å². The van der Waals surface area contributed by atoms with Crippen molar-refractivity contribution < 1.29 is 5.11 Å². The largest absolute Gasteiger partial charge is 0.387 e. The first-order valence-electron chi connectivity index (χ1n) is 6.15. The van der Waals surface area contributed by atoms with E-state index in [1.165, 1.54) is 0 Å². The Kier molecular flexibility index (Phi) is 5.70. The molecular formula is C14H22N2O. The molecule has 1 unspecified atom stereocenters. The summed E-state index contributed by atoms with van der Waals surface area (Å²) in [6.07, 6.45) is 6.13. The van der Waals surface area contributed by atoms with Crippen LogP contribution in [0, 0.1) is 0 Å². The Morgan fingerprint density at radius 1 is 1.53 bits per heavy atom. The van der Waals surface area contributed by atoms with Crippen molar-refractivity contribution >= 4 is 5.69 Å². The normalized spacial score (nSPS) is 12.2. The van der Waals surface area contributed by atoms with E-state index >= 15 is 0 Å². The molecule has 0 spiro atoms. The molecule has 0 radical (unpaired) electrons. The molecule has 1 atom stereocenters. The lowest BCUT2D eigenvalue weighted by Crippen LogP contribution is -2.18. The Morgan fingerprint density at radius 3 is 2.82 bits per heavy atom. The van der Waals surface area contributed by atoms with Gasteiger partial charge in [-0.15, -0.1) is 6.58 Å². The second-order valence-electron chi connectivity index (χ2n) is 4.22. The van der Waals surface area contributed by atoms with Crippen LogP contribution in [0.15, 0.2) is 31.0 Å². The summed E-state index contributed by atoms with van der Waals surface area (Å²) in [5, 5.41) is 9.64. The molecule has 0 bridgehead atoms. The summed E-state index contributed by atoms with van der Waals surface area (Å²) >= 11 is 0. The molecule has 3 heteroatoms. The molecular weight excluding hydrogens is 212 g/mol. The van der Waals surface area contributed by atoms with Crippen molar-refractivity contribution in [1.29, 1.82) is 0 Å². The minimum atomic E-state index is -0.449. The first-order chi connectivity index (χ1) is 8.19. The minimum absolute atomic E-state index is 0.449. The van der Waals surface area contributed by atoms with E-state index in [-0.39, 0.29) is 0 Å². The molecule has 1 heterocycles. The fourth-order valence-electron chi connectivity index (χ4n) is 1.63. The first kappa shape index (κ1) is 13.7. The zero-order chi connectivity index (χ0) is 12.7. The predicted octanol–water partition coefficient (Wildman–Crippen LogP) is 2.93. The highest BCUT2D eigenvalue weighted by Crippen LogP contribution is 2.17. The Balaban J connectivity index is 2.57. The maximum atomic E-state index is 9.64. The van der Waals surface area contributed by atoms with Crippen LogP contribution in [0.2, 0.25) is 0 Å². The lowest BCUT2D eigenvalue weighted by Gasteiger charge is -2.19. The van der Waals surface area contributed by atoms with Crippen molar-refractivity contribution in [1.82, 2.24) is 4.98 Å². The zero-order valence-electron chi connectivity index (χ0n) is 10.8. The molecule has 94 valence electrons. The topological polar surface area (TPSA) is 36.4 Å². The molecule has 0 aliphatic carbocycles. The van der Waals surface area contributed by atoms with E-state index in [0.717, 1.165) is 30.8 Å². The third-order valence-electron chi connectivity index (χ3n) is 2.84. The third-order valence-corrected chi connectivity index (χ3v) is 2.84. The van der Waals surface area contributed by atoms with Crippen molar-refractivity contribution in [2.45, 2.75) is 32.3 Å². The number of unbranched alkanes of at least 4 members (excludes halogenated alkanes) is 1. The van der Waals surface area contributed by atoms with E-state index in [9.17, 15) is 5.11 Å². The predicted molar refractivity (Wildman–Crippen MR) is 72.2 cm³/mol. The lowest BCUT2D eigenvalue weighted by molar-refractivity contribution is 0.169. The Hall–Kier alpha value is -1.35. The average molecular weight is 234 g/mol. The summed E-state index contributed by atoms with van der Waals surface area (Å²) in [5.41, 5.74) is 1.83. The van der Waals surface area contributed by atoms with Crippen molar-refractivity contribution in [2.24, 2.45) is 0 Å². The summed E-state index contributed by atoms with van der Waals surface area (Å²) in [7, 11) is 2.05. The van der Waals surface area contributed by atoms with Crippen LogP contribution in [0.5, 0.6) is 0 Å². The van der Waals surface area contributed by atoms with Gasteiger partial charge in [-0.2, -0.15) is 0 Å². The highest BCUT2D eigenvalue weighted by Gasteiger charge is 2.07. The zero-order valence-corrected chi connectivity index (χ0v) is 10.8. The Bertz CT molecular complexity index is 335. The number of hydrogen-bond acceptors (Lipinski definition) is 3. The molecule has 17 heavy (non-hydrogen) atoms. The molecule has 0 amide bonds. The van der Waals surface area contributed by atoms with Gasteiger partial charge < -0.3 is 10.0 Å². The van der Waals surface area contributed by atoms with Crippen LogP contribution in [0.25, 0.3) is 0 Å². The Morgan fingerprint density at radius 2 is 2.29 bits per heavy atom. The number of pyridine rings is 1. The fraction of sp³-hybridized carbons (Fsp3) is 0.500. The van der Waals surface area contributed by atoms with Crippen molar-refractivity contribution in [3.8, 4) is 0 Å². The molecule has 1 rings (SSSR count). The number of allylic oxidation sites excluding steroid dienone is 1. The van der Waals surface area contributed by atoms with Gasteiger partial charge in [0.25, 0.3) is 0 Å². The summed E-state index contributed by atoms with van der Waals surface area (Å²) in [6, 6.07) is 3.91. The van der Waals surface area contributed by atoms with Gasteiger partial charge in [-0.1, -0.05) is 13.0 Å². The van der Waals surface area contributed by atoms with E-state index in [1.807, 2.05) is 31.3 Å². The molecule has 0 aliphatic heterocycles. The van der Waals surface area contributed by atoms with Gasteiger partial charge in [-0.05, 0) is 31.4 Å². The van der Waals surface area contributed by atoms with Gasteiger partial charge in [0.15, 0.2) is 0 Å². The summed E-state index contributed by atoms with van der Waals surface area (Å²) < 4.78 is 0. The van der Waals surface area contributed by atoms with Gasteiger partial charge in [0.05, 0.1) is 23.7 Å². The standard InChI is InChI=1S/C14H22N2O/c1-4-6-7-10-16(3)12-8-9-13(15-11-12)14(17)5-2/h4,8-9,11,14,17H,1,5-7,10H2,2-3H3. The molecule has 1 aromatic heterocycles. The number of rotatable bonds is 7. The van der Waals surface area contributed by atoms with Crippen LogP contribution in [-0.4, -0.2) is 23.7 Å². The van der Waals surface area contributed by atoms with Crippen molar-refractivity contribution in [3.63, 3.8) is 0 Å². The highest BCUT2D eigenvalue weighted by atomic mass is 16.3. The smallest absolute Gasteiger partial charge is 0.0957 e. The van der Waals surface area contributed by atoms with E-state index in [1.54, 1.807) is 0 Å². The maximum Gasteiger partial charge on any atom is 0.0957 e. The van der Waals surface area contributed by atoms with Crippen LogP contribution in [-0.2, 0) is 0 Å². The molecule has 1 N–H and O–H groups in total. The summed E-state index contributed by atoms with van der Waals surface area (Å²) in [5.74, 6) is 0. The molecule has 0 aromatic carbocycles. The van der Waals surface area contributed by atoms with Gasteiger partial charge >= 0.3 is 0 Å². The lowest BCUT2D eigenvalue weighted by atomic mass is 10.2. The number of aliphatic hydroxyl groups is 1. The second kappa shape index (κ2) is 7.07. The van der Waals surface area contributed by atoms with E-state index in [2.05, 4.69) is 23.5 Å². The number of aromatic nitrogens is 1. The molecule has 0 fully saturated rings. The van der Waals surface area contributed by atoms with Crippen molar-refractivity contribution in [3.05, 3.63) is 36.7 Å². The van der Waals surface area contributed by atoms with Crippen LogP contribution in [0.1, 0.15) is 38.0 Å². The minimum Gasteiger partial charge on any atom is -0.387 e. The first-order valence-corrected chi connectivity index (χ1v) is 6.15. The molecule has 0 saturated heterocycles. The molecule has 1 aromatic rings. The molecule has 3 nitrogen and oxygen atoms in total. The summed E-state index contributed by atoms with van der Waals surface area (Å²) in [4.78, 5) is 6.45. The molecule has 0 aliphatic rings. The van der Waals surface area contributed by atoms with Crippen molar-refractivity contribution in [2.75, 3.05) is 18.5 Å². The SMILES string of the molecule is C=CCCCN(C)c1ccc(C(O)CC)nc1. The maximum absolute atomic E-state index is 9.64. The monoisotopic (exact) mass is 234 g/mol. The fourth-order valence-corrected chi connectivity index (χ4v) is 1.63. The Labute approximate surface area is 104 Å². The highest BCUT2D eigenvalue weighted by molar-refractivity contribution is 5.43. The van der Waals surface area contributed by atoms with Gasteiger partial charge in [0.1, 0.15) is 0 Å². The van der Waals surface area contributed by atoms with Crippen LogP contribution in [0.3, 0.4) is 0 Å². The number of nitrogens with zero attached hydrogens (tertiary/aromatic N) is 2. The average Bonchev–Trinajstić information content (AvgIpc) is 2.38. The van der Waals surface area contributed by atoms with Crippen LogP contribution in [0.4, 0.5) is 5.69 Å². The van der Waals surface area contributed by atoms with E-state index in [0.29, 0.717) is 6.42 Å². The van der Waals surface area contributed by atoms with E-state index < -0.39 is 6.10 Å². The van der Waals surface area contributed by atoms with Gasteiger partial charge in [-0.25, -0.2) is 0 Å².